The van der Waals surface area contributed by atoms with Crippen LogP contribution in [0.15, 0.2) is 48.0 Å². The van der Waals surface area contributed by atoms with Crippen molar-refractivity contribution in [3.63, 3.8) is 0 Å². The summed E-state index contributed by atoms with van der Waals surface area (Å²) in [6.45, 7) is 3.19. The number of carbonyl (C=O) groups excluding carboxylic acids is 2. The van der Waals surface area contributed by atoms with Crippen LogP contribution in [0.3, 0.4) is 0 Å². The average Bonchev–Trinajstić information content (AvgIpc) is 3.12. The number of anilines is 1. The standard InChI is InChI=1S/C18H19N5O2S/c1-13-5-2-3-6-15(13)23-17(25)14(16(24)21-18(23)26)11-19-7-4-9-22-10-8-20-12-22/h2-3,5-6,8,10-12,14H,4,7,9H2,1H3,(H,21,24,26)/t14-/m1/s1. The topological polar surface area (TPSA) is 79.6 Å². The van der Waals surface area contributed by atoms with Crippen molar-refractivity contribution in [2.45, 2.75) is 19.9 Å². The number of nitrogens with zero attached hydrogens (tertiary/aromatic N) is 4. The third-order valence-corrected chi connectivity index (χ3v) is 4.36. The third kappa shape index (κ3) is 3.85. The van der Waals surface area contributed by atoms with Crippen LogP contribution in [0, 0.1) is 12.8 Å². The van der Waals surface area contributed by atoms with Gasteiger partial charge in [0.15, 0.2) is 11.0 Å². The van der Waals surface area contributed by atoms with Gasteiger partial charge < -0.3 is 9.88 Å². The monoisotopic (exact) mass is 369 g/mol. The van der Waals surface area contributed by atoms with E-state index < -0.39 is 11.8 Å². The fourth-order valence-corrected chi connectivity index (χ4v) is 3.00. The van der Waals surface area contributed by atoms with Crippen molar-refractivity contribution in [3.05, 3.63) is 48.5 Å². The van der Waals surface area contributed by atoms with E-state index in [-0.39, 0.29) is 11.0 Å². The number of aromatic nitrogens is 2. The number of nitrogens with one attached hydrogen (secondary N) is 1. The quantitative estimate of drug-likeness (QED) is 0.364. The molecule has 1 aromatic heterocycles. The molecule has 1 aliphatic heterocycles. The average molecular weight is 369 g/mol. The van der Waals surface area contributed by atoms with Gasteiger partial charge in [0, 0.05) is 31.7 Å². The van der Waals surface area contributed by atoms with Gasteiger partial charge in [0.1, 0.15) is 0 Å². The van der Waals surface area contributed by atoms with Crippen molar-refractivity contribution in [2.24, 2.45) is 10.9 Å². The summed E-state index contributed by atoms with van der Waals surface area (Å²) in [6.07, 6.45) is 7.54. The minimum Gasteiger partial charge on any atom is -0.337 e. The van der Waals surface area contributed by atoms with E-state index in [2.05, 4.69) is 15.3 Å². The first-order valence-electron chi connectivity index (χ1n) is 8.28. The molecule has 1 fully saturated rings. The minimum absolute atomic E-state index is 0.0963. The first-order valence-corrected chi connectivity index (χ1v) is 8.69. The van der Waals surface area contributed by atoms with Gasteiger partial charge in [0.25, 0.3) is 5.91 Å². The maximum atomic E-state index is 12.8. The second-order valence-corrected chi connectivity index (χ2v) is 6.33. The normalized spacial score (nSPS) is 17.8. The molecule has 7 nitrogen and oxygen atoms in total. The maximum Gasteiger partial charge on any atom is 0.251 e. The lowest BCUT2D eigenvalue weighted by Gasteiger charge is -2.31. The molecule has 0 unspecified atom stereocenters. The number of aliphatic imine (C=N–C) groups is 1. The molecule has 3 rings (SSSR count). The molecule has 0 aliphatic carbocycles. The number of rotatable bonds is 6. The highest BCUT2D eigenvalue weighted by molar-refractivity contribution is 7.80. The number of hydrogen-bond donors (Lipinski definition) is 1. The molecule has 0 radical (unpaired) electrons. The SMILES string of the molecule is Cc1ccccc1N1C(=O)[C@H](C=NCCCn2ccnc2)C(=O)NC1=S. The summed E-state index contributed by atoms with van der Waals surface area (Å²) >= 11 is 5.20. The number of thiocarbonyl (C=S) groups is 1. The van der Waals surface area contributed by atoms with Crippen molar-refractivity contribution in [2.75, 3.05) is 11.4 Å². The summed E-state index contributed by atoms with van der Waals surface area (Å²) < 4.78 is 1.95. The van der Waals surface area contributed by atoms with Crippen molar-refractivity contribution in [1.82, 2.24) is 14.9 Å². The molecule has 2 heterocycles. The molecule has 0 spiro atoms. The van der Waals surface area contributed by atoms with Crippen molar-refractivity contribution < 1.29 is 9.59 Å². The Labute approximate surface area is 156 Å². The van der Waals surface area contributed by atoms with Gasteiger partial charge in [-0.15, -0.1) is 0 Å². The van der Waals surface area contributed by atoms with Gasteiger partial charge >= 0.3 is 0 Å². The van der Waals surface area contributed by atoms with Gasteiger partial charge in [0.05, 0.1) is 12.0 Å². The molecule has 8 heteroatoms. The molecule has 1 atom stereocenters. The fraction of sp³-hybridized carbons (Fsp3) is 0.278. The van der Waals surface area contributed by atoms with Gasteiger partial charge in [-0.1, -0.05) is 18.2 Å². The molecule has 2 aromatic rings. The van der Waals surface area contributed by atoms with E-state index in [1.165, 1.54) is 11.1 Å². The zero-order chi connectivity index (χ0) is 18.5. The van der Waals surface area contributed by atoms with Crippen molar-refractivity contribution >= 4 is 41.0 Å². The molecule has 1 N–H and O–H groups in total. The van der Waals surface area contributed by atoms with Gasteiger partial charge in [-0.25, -0.2) is 4.98 Å². The molecule has 26 heavy (non-hydrogen) atoms. The number of amides is 2. The Kier molecular flexibility index (Phi) is 5.52. The van der Waals surface area contributed by atoms with E-state index in [1.807, 2.05) is 35.9 Å². The van der Waals surface area contributed by atoms with E-state index in [0.29, 0.717) is 12.2 Å². The Bertz CT molecular complexity index is 847. The number of para-hydroxylation sites is 1. The van der Waals surface area contributed by atoms with E-state index in [9.17, 15) is 9.59 Å². The predicted molar refractivity (Wildman–Crippen MR) is 103 cm³/mol. The Morgan fingerprint density at radius 1 is 1.35 bits per heavy atom. The number of imidazole rings is 1. The van der Waals surface area contributed by atoms with E-state index >= 15 is 0 Å². The lowest BCUT2D eigenvalue weighted by Crippen LogP contribution is -2.58. The number of aryl methyl sites for hydroxylation is 2. The first-order chi connectivity index (χ1) is 12.6. The minimum atomic E-state index is -0.977. The summed E-state index contributed by atoms with van der Waals surface area (Å²) in [5.41, 5.74) is 1.57. The van der Waals surface area contributed by atoms with Crippen LogP contribution >= 0.6 is 12.2 Å². The van der Waals surface area contributed by atoms with Crippen LogP contribution < -0.4 is 10.2 Å². The van der Waals surface area contributed by atoms with Crippen LogP contribution in [0.5, 0.6) is 0 Å². The predicted octanol–water partition coefficient (Wildman–Crippen LogP) is 1.72. The fourth-order valence-electron chi connectivity index (χ4n) is 2.71. The number of benzene rings is 1. The Morgan fingerprint density at radius 2 is 2.15 bits per heavy atom. The van der Waals surface area contributed by atoms with Crippen LogP contribution in [0.25, 0.3) is 0 Å². The number of carbonyl (C=O) groups is 2. The zero-order valence-electron chi connectivity index (χ0n) is 14.3. The summed E-state index contributed by atoms with van der Waals surface area (Å²) in [6, 6.07) is 7.40. The Balaban J connectivity index is 1.67. The zero-order valence-corrected chi connectivity index (χ0v) is 15.1. The van der Waals surface area contributed by atoms with Crippen LogP contribution in [0.1, 0.15) is 12.0 Å². The highest BCUT2D eigenvalue weighted by Crippen LogP contribution is 2.23. The first kappa shape index (κ1) is 17.9. The van der Waals surface area contributed by atoms with Gasteiger partial charge in [-0.05, 0) is 37.2 Å². The molecule has 134 valence electrons. The maximum absolute atomic E-state index is 12.8. The third-order valence-electron chi connectivity index (χ3n) is 4.08. The van der Waals surface area contributed by atoms with Crippen LogP contribution in [0.2, 0.25) is 0 Å². The van der Waals surface area contributed by atoms with Crippen LogP contribution in [-0.4, -0.2) is 39.2 Å². The smallest absolute Gasteiger partial charge is 0.251 e. The molecule has 2 amide bonds. The molecule has 1 saturated heterocycles. The number of hydrogen-bond acceptors (Lipinski definition) is 5. The summed E-state index contributed by atoms with van der Waals surface area (Å²) in [5.74, 6) is -1.80. The second-order valence-electron chi connectivity index (χ2n) is 5.94. The molecular formula is C18H19N5O2S. The van der Waals surface area contributed by atoms with E-state index in [4.69, 9.17) is 12.2 Å². The van der Waals surface area contributed by atoms with E-state index in [0.717, 1.165) is 18.5 Å². The van der Waals surface area contributed by atoms with Gasteiger partial charge in [-0.2, -0.15) is 0 Å². The second kappa shape index (κ2) is 8.01. The van der Waals surface area contributed by atoms with Crippen LogP contribution in [-0.2, 0) is 16.1 Å². The van der Waals surface area contributed by atoms with Gasteiger partial charge in [0.2, 0.25) is 5.91 Å². The lowest BCUT2D eigenvalue weighted by atomic mass is 10.0. The Hall–Kier alpha value is -2.87. The van der Waals surface area contributed by atoms with Crippen LogP contribution in [0.4, 0.5) is 5.69 Å². The van der Waals surface area contributed by atoms with Crippen molar-refractivity contribution in [1.29, 1.82) is 0 Å². The molecular weight excluding hydrogens is 350 g/mol. The highest BCUT2D eigenvalue weighted by atomic mass is 32.1. The largest absolute Gasteiger partial charge is 0.337 e. The molecule has 0 bridgehead atoms. The molecule has 1 aromatic carbocycles. The van der Waals surface area contributed by atoms with E-state index in [1.54, 1.807) is 18.6 Å². The van der Waals surface area contributed by atoms with Crippen molar-refractivity contribution in [3.8, 4) is 0 Å². The molecule has 1 aliphatic rings. The Morgan fingerprint density at radius 3 is 2.88 bits per heavy atom. The summed E-state index contributed by atoms with van der Waals surface area (Å²) in [7, 11) is 0. The highest BCUT2D eigenvalue weighted by Gasteiger charge is 2.38. The lowest BCUT2D eigenvalue weighted by molar-refractivity contribution is -0.130. The van der Waals surface area contributed by atoms with Gasteiger partial charge in [-0.3, -0.25) is 19.5 Å². The molecule has 0 saturated carbocycles. The summed E-state index contributed by atoms with van der Waals surface area (Å²) in [4.78, 5) is 34.6. The summed E-state index contributed by atoms with van der Waals surface area (Å²) in [5, 5.41) is 2.69.